The van der Waals surface area contributed by atoms with Gasteiger partial charge in [-0.05, 0) is 62.2 Å². The van der Waals surface area contributed by atoms with Crippen molar-refractivity contribution in [3.63, 3.8) is 0 Å². The third-order valence-corrected chi connectivity index (χ3v) is 6.36. The Morgan fingerprint density at radius 1 is 1.17 bits per heavy atom. The SMILES string of the molecule is CCn1c(=O)c2cnc(Nc3ccc4c(c3)CNCC4)nc2n1-c1ccnc(C(C)(O)C(F)(F)F)c1. The lowest BCUT2D eigenvalue weighted by atomic mass is 10.0. The van der Waals surface area contributed by atoms with Gasteiger partial charge in [0.2, 0.25) is 5.95 Å². The molecule has 188 valence electrons. The van der Waals surface area contributed by atoms with Crippen LogP contribution in [-0.2, 0) is 25.1 Å². The van der Waals surface area contributed by atoms with Gasteiger partial charge in [-0.25, -0.2) is 14.3 Å². The maximum atomic E-state index is 13.4. The van der Waals surface area contributed by atoms with Crippen molar-refractivity contribution >= 4 is 22.7 Å². The largest absolute Gasteiger partial charge is 0.422 e. The number of rotatable bonds is 5. The molecule has 1 atom stereocenters. The molecule has 0 aliphatic carbocycles. The van der Waals surface area contributed by atoms with Crippen molar-refractivity contribution in [1.82, 2.24) is 29.6 Å². The highest BCUT2D eigenvalue weighted by molar-refractivity contribution is 5.77. The fourth-order valence-electron chi connectivity index (χ4n) is 4.29. The number of hydrogen-bond acceptors (Lipinski definition) is 7. The van der Waals surface area contributed by atoms with Crippen molar-refractivity contribution in [3.8, 4) is 5.69 Å². The molecular formula is C24H24F3N7O2. The van der Waals surface area contributed by atoms with Crippen LogP contribution in [0.3, 0.4) is 0 Å². The highest BCUT2D eigenvalue weighted by Crippen LogP contribution is 2.38. The molecule has 0 saturated heterocycles. The van der Waals surface area contributed by atoms with Gasteiger partial charge in [-0.15, -0.1) is 0 Å². The molecule has 9 nitrogen and oxygen atoms in total. The van der Waals surface area contributed by atoms with E-state index < -0.39 is 17.5 Å². The van der Waals surface area contributed by atoms with Gasteiger partial charge < -0.3 is 15.7 Å². The summed E-state index contributed by atoms with van der Waals surface area (Å²) in [5.74, 6) is 0.227. The molecule has 1 unspecified atom stereocenters. The number of halogens is 3. The van der Waals surface area contributed by atoms with E-state index in [2.05, 4.69) is 25.6 Å². The molecule has 12 heteroatoms. The predicted octanol–water partition coefficient (Wildman–Crippen LogP) is 3.16. The van der Waals surface area contributed by atoms with Crippen LogP contribution < -0.4 is 16.2 Å². The molecule has 0 bridgehead atoms. The Labute approximate surface area is 203 Å². The Bertz CT molecular complexity index is 1510. The molecule has 0 fully saturated rings. The summed E-state index contributed by atoms with van der Waals surface area (Å²) in [5.41, 5.74) is -0.542. The Hall–Kier alpha value is -3.77. The second-order valence-corrected chi connectivity index (χ2v) is 8.77. The molecule has 0 radical (unpaired) electrons. The molecule has 0 spiro atoms. The van der Waals surface area contributed by atoms with Crippen LogP contribution in [0.25, 0.3) is 16.7 Å². The first-order valence-corrected chi connectivity index (χ1v) is 11.4. The van der Waals surface area contributed by atoms with E-state index in [9.17, 15) is 23.1 Å². The number of aromatic nitrogens is 5. The van der Waals surface area contributed by atoms with Crippen molar-refractivity contribution in [2.24, 2.45) is 0 Å². The number of pyridine rings is 1. The first kappa shape index (κ1) is 23.9. The quantitative estimate of drug-likeness (QED) is 0.387. The summed E-state index contributed by atoms with van der Waals surface area (Å²) in [6, 6.07) is 8.53. The van der Waals surface area contributed by atoms with Crippen LogP contribution in [-0.4, -0.2) is 42.1 Å². The molecule has 3 N–H and O–H groups in total. The maximum Gasteiger partial charge on any atom is 0.422 e. The summed E-state index contributed by atoms with van der Waals surface area (Å²) in [6.07, 6.45) is -1.44. The number of alkyl halides is 3. The molecule has 1 aromatic carbocycles. The molecule has 3 aromatic heterocycles. The molecule has 0 saturated carbocycles. The van der Waals surface area contributed by atoms with E-state index in [-0.39, 0.29) is 34.8 Å². The van der Waals surface area contributed by atoms with Crippen LogP contribution in [0.15, 0.2) is 47.5 Å². The summed E-state index contributed by atoms with van der Waals surface area (Å²) in [5, 5.41) is 16.8. The number of nitrogens with zero attached hydrogens (tertiary/aromatic N) is 5. The van der Waals surface area contributed by atoms with Gasteiger partial charge in [-0.2, -0.15) is 18.2 Å². The summed E-state index contributed by atoms with van der Waals surface area (Å²) in [6.45, 7) is 4.29. The number of benzene rings is 1. The Kier molecular flexibility index (Phi) is 5.80. The predicted molar refractivity (Wildman–Crippen MR) is 127 cm³/mol. The van der Waals surface area contributed by atoms with Crippen molar-refractivity contribution in [2.75, 3.05) is 11.9 Å². The van der Waals surface area contributed by atoms with Gasteiger partial charge in [0.25, 0.3) is 5.56 Å². The van der Waals surface area contributed by atoms with E-state index in [0.717, 1.165) is 37.5 Å². The molecule has 1 aliphatic rings. The van der Waals surface area contributed by atoms with E-state index in [0.29, 0.717) is 6.92 Å². The number of aliphatic hydroxyl groups is 1. The topological polar surface area (TPSA) is 110 Å². The number of nitrogens with one attached hydrogen (secondary N) is 2. The van der Waals surface area contributed by atoms with Crippen LogP contribution in [0.1, 0.15) is 30.7 Å². The second-order valence-electron chi connectivity index (χ2n) is 8.77. The highest BCUT2D eigenvalue weighted by atomic mass is 19.4. The van der Waals surface area contributed by atoms with Crippen molar-refractivity contribution < 1.29 is 18.3 Å². The molecule has 4 heterocycles. The molecule has 5 rings (SSSR count). The van der Waals surface area contributed by atoms with Crippen LogP contribution in [0, 0.1) is 0 Å². The maximum absolute atomic E-state index is 13.4. The van der Waals surface area contributed by atoms with Gasteiger partial charge in [0.15, 0.2) is 11.2 Å². The summed E-state index contributed by atoms with van der Waals surface area (Å²) >= 11 is 0. The van der Waals surface area contributed by atoms with E-state index in [1.54, 1.807) is 6.92 Å². The summed E-state index contributed by atoms with van der Waals surface area (Å²) in [7, 11) is 0. The zero-order chi connectivity index (χ0) is 25.7. The molecule has 36 heavy (non-hydrogen) atoms. The third-order valence-electron chi connectivity index (χ3n) is 6.36. The smallest absolute Gasteiger partial charge is 0.375 e. The normalized spacial score (nSPS) is 15.5. The number of anilines is 2. The summed E-state index contributed by atoms with van der Waals surface area (Å²) in [4.78, 5) is 25.6. The first-order chi connectivity index (χ1) is 17.1. The van der Waals surface area contributed by atoms with E-state index in [1.165, 1.54) is 32.8 Å². The fraction of sp³-hybridized carbons (Fsp3) is 0.333. The highest BCUT2D eigenvalue weighted by Gasteiger charge is 2.52. The van der Waals surface area contributed by atoms with Gasteiger partial charge in [0.1, 0.15) is 5.39 Å². The van der Waals surface area contributed by atoms with Crippen molar-refractivity contribution in [1.29, 1.82) is 0 Å². The minimum Gasteiger partial charge on any atom is -0.375 e. The molecule has 1 aliphatic heterocycles. The molecule has 0 amide bonds. The van der Waals surface area contributed by atoms with Gasteiger partial charge in [-0.3, -0.25) is 9.78 Å². The van der Waals surface area contributed by atoms with E-state index in [1.807, 2.05) is 18.2 Å². The Morgan fingerprint density at radius 3 is 2.72 bits per heavy atom. The standard InChI is InChI=1S/C24H24F3N7O2/c1-3-33-21(35)18-13-30-22(31-16-5-4-14-6-8-28-12-15(14)10-16)32-20(18)34(33)17-7-9-29-19(11-17)23(2,36)24(25,26)27/h4-5,7,9-11,13,28,36H,3,6,8,12H2,1-2H3,(H,30,31,32). The Balaban J connectivity index is 1.60. The molecular weight excluding hydrogens is 475 g/mol. The third kappa shape index (κ3) is 4.01. The molecule has 4 aromatic rings. The van der Waals surface area contributed by atoms with Crippen LogP contribution >= 0.6 is 0 Å². The average Bonchev–Trinajstić information content (AvgIpc) is 3.14. The van der Waals surface area contributed by atoms with Crippen molar-refractivity contribution in [3.05, 3.63) is 69.9 Å². The van der Waals surface area contributed by atoms with Crippen molar-refractivity contribution in [2.45, 2.75) is 45.1 Å². The van der Waals surface area contributed by atoms with Gasteiger partial charge in [0.05, 0.1) is 11.4 Å². The monoisotopic (exact) mass is 499 g/mol. The lowest BCUT2D eigenvalue weighted by molar-refractivity contribution is -0.260. The zero-order valence-electron chi connectivity index (χ0n) is 19.6. The lowest BCUT2D eigenvalue weighted by Crippen LogP contribution is -2.40. The number of hydrogen-bond donors (Lipinski definition) is 3. The Morgan fingerprint density at radius 2 is 1.97 bits per heavy atom. The van der Waals surface area contributed by atoms with E-state index in [4.69, 9.17) is 0 Å². The van der Waals surface area contributed by atoms with Gasteiger partial charge in [-0.1, -0.05) is 6.07 Å². The summed E-state index contributed by atoms with van der Waals surface area (Å²) < 4.78 is 43.1. The average molecular weight is 499 g/mol. The van der Waals surface area contributed by atoms with Gasteiger partial charge in [0, 0.05) is 31.2 Å². The minimum atomic E-state index is -4.94. The minimum absolute atomic E-state index is 0.197. The van der Waals surface area contributed by atoms with Crippen LogP contribution in [0.4, 0.5) is 24.8 Å². The first-order valence-electron chi connectivity index (χ1n) is 11.4. The van der Waals surface area contributed by atoms with E-state index >= 15 is 0 Å². The van der Waals surface area contributed by atoms with Gasteiger partial charge >= 0.3 is 6.18 Å². The second kappa shape index (κ2) is 8.71. The van der Waals surface area contributed by atoms with Crippen LogP contribution in [0.5, 0.6) is 0 Å². The van der Waals surface area contributed by atoms with Crippen LogP contribution in [0.2, 0.25) is 0 Å². The fourth-order valence-corrected chi connectivity index (χ4v) is 4.29. The lowest BCUT2D eigenvalue weighted by Gasteiger charge is -2.26. The zero-order valence-corrected chi connectivity index (χ0v) is 19.6. The number of fused-ring (bicyclic) bond motifs is 2.